The van der Waals surface area contributed by atoms with E-state index in [-0.39, 0.29) is 23.9 Å². The molecule has 3 heterocycles. The smallest absolute Gasteiger partial charge is 0.324 e. The van der Waals surface area contributed by atoms with Crippen molar-refractivity contribution in [3.8, 4) is 22.2 Å². The van der Waals surface area contributed by atoms with Crippen LogP contribution in [0.1, 0.15) is 31.1 Å². The average molecular weight is 462 g/mol. The van der Waals surface area contributed by atoms with Gasteiger partial charge in [0.25, 0.3) is 5.89 Å². The predicted octanol–water partition coefficient (Wildman–Crippen LogP) is 3.88. The van der Waals surface area contributed by atoms with Crippen molar-refractivity contribution in [2.45, 2.75) is 44.0 Å². The van der Waals surface area contributed by atoms with Crippen molar-refractivity contribution in [1.29, 1.82) is 0 Å². The third-order valence-electron chi connectivity index (χ3n) is 5.14. The first-order chi connectivity index (χ1) is 14.9. The van der Waals surface area contributed by atoms with Gasteiger partial charge in [-0.3, -0.25) is 4.79 Å². The van der Waals surface area contributed by atoms with Crippen LogP contribution >= 0.6 is 11.3 Å². The number of esters is 1. The number of benzene rings is 1. The molecule has 0 amide bonds. The maximum atomic E-state index is 13.5. The molecular formula is C21H23N3O5S2. The van der Waals surface area contributed by atoms with Crippen LogP contribution in [0.2, 0.25) is 0 Å². The fourth-order valence-electron chi connectivity index (χ4n) is 3.65. The van der Waals surface area contributed by atoms with Gasteiger partial charge < -0.3 is 9.26 Å². The standard InChI is InChI=1S/C21H23N3O5S2/c1-3-28-21(25)16-11-7-8-12-24(16)31(26,27)18-13-17(30-14(18)2)20-22-19(23-29-20)15-9-5-4-6-10-15/h4-6,9-10,13,16H,3,7-8,11-12H2,1-2H3/t16-/m0/s1. The molecule has 164 valence electrons. The largest absolute Gasteiger partial charge is 0.465 e. The highest BCUT2D eigenvalue weighted by atomic mass is 32.2. The molecule has 0 spiro atoms. The Morgan fingerprint density at radius 3 is 2.81 bits per heavy atom. The van der Waals surface area contributed by atoms with Crippen LogP contribution in [0.15, 0.2) is 45.8 Å². The number of rotatable bonds is 6. The molecule has 1 saturated heterocycles. The summed E-state index contributed by atoms with van der Waals surface area (Å²) >= 11 is 1.27. The lowest BCUT2D eigenvalue weighted by atomic mass is 10.1. The molecule has 1 aliphatic heterocycles. The quantitative estimate of drug-likeness (QED) is 0.513. The van der Waals surface area contributed by atoms with Crippen LogP contribution < -0.4 is 0 Å². The summed E-state index contributed by atoms with van der Waals surface area (Å²) in [5.74, 6) is 0.196. The van der Waals surface area contributed by atoms with Gasteiger partial charge >= 0.3 is 5.97 Å². The molecule has 2 aromatic heterocycles. The van der Waals surface area contributed by atoms with Crippen LogP contribution in [-0.4, -0.2) is 48.0 Å². The maximum absolute atomic E-state index is 13.5. The van der Waals surface area contributed by atoms with Crippen molar-refractivity contribution in [1.82, 2.24) is 14.4 Å². The summed E-state index contributed by atoms with van der Waals surface area (Å²) in [6, 6.07) is 10.2. The minimum Gasteiger partial charge on any atom is -0.465 e. The molecule has 1 fully saturated rings. The highest BCUT2D eigenvalue weighted by Crippen LogP contribution is 2.36. The van der Waals surface area contributed by atoms with Gasteiger partial charge in [0, 0.05) is 17.0 Å². The minimum absolute atomic E-state index is 0.156. The number of ether oxygens (including phenoxy) is 1. The predicted molar refractivity (Wildman–Crippen MR) is 116 cm³/mol. The van der Waals surface area contributed by atoms with Crippen molar-refractivity contribution >= 4 is 27.3 Å². The van der Waals surface area contributed by atoms with E-state index in [9.17, 15) is 13.2 Å². The summed E-state index contributed by atoms with van der Waals surface area (Å²) in [4.78, 5) is 18.1. The molecule has 0 bridgehead atoms. The van der Waals surface area contributed by atoms with Crippen LogP contribution in [0, 0.1) is 6.92 Å². The molecule has 0 radical (unpaired) electrons. The third kappa shape index (κ3) is 4.28. The fraction of sp³-hybridized carbons (Fsp3) is 0.381. The second-order valence-electron chi connectivity index (χ2n) is 7.20. The Hall–Kier alpha value is -2.56. The van der Waals surface area contributed by atoms with E-state index in [4.69, 9.17) is 9.26 Å². The van der Waals surface area contributed by atoms with Gasteiger partial charge in [-0.2, -0.15) is 9.29 Å². The first-order valence-electron chi connectivity index (χ1n) is 10.1. The van der Waals surface area contributed by atoms with E-state index in [0.717, 1.165) is 12.0 Å². The zero-order chi connectivity index (χ0) is 22.0. The summed E-state index contributed by atoms with van der Waals surface area (Å²) in [6.07, 6.45) is 1.95. The zero-order valence-corrected chi connectivity index (χ0v) is 18.9. The molecule has 0 saturated carbocycles. The van der Waals surface area contributed by atoms with Crippen LogP contribution in [0.4, 0.5) is 0 Å². The fourth-order valence-corrected chi connectivity index (χ4v) is 6.78. The highest BCUT2D eigenvalue weighted by molar-refractivity contribution is 7.89. The first kappa shape index (κ1) is 21.7. The summed E-state index contributed by atoms with van der Waals surface area (Å²) in [6.45, 7) is 3.95. The Balaban J connectivity index is 1.65. The van der Waals surface area contributed by atoms with Gasteiger partial charge in [-0.1, -0.05) is 35.5 Å². The summed E-state index contributed by atoms with van der Waals surface area (Å²) in [5, 5.41) is 4.01. The number of sulfonamides is 1. The summed E-state index contributed by atoms with van der Waals surface area (Å²) < 4.78 is 38.7. The lowest BCUT2D eigenvalue weighted by Gasteiger charge is -2.32. The SMILES string of the molecule is CCOC(=O)[C@@H]1CCCCN1S(=O)(=O)c1cc(-c2nc(-c3ccccc3)no2)sc1C. The van der Waals surface area contributed by atoms with Gasteiger partial charge in [0.1, 0.15) is 6.04 Å². The van der Waals surface area contributed by atoms with Crippen molar-refractivity contribution in [2.75, 3.05) is 13.2 Å². The molecule has 1 atom stereocenters. The van der Waals surface area contributed by atoms with Crippen molar-refractivity contribution in [3.05, 3.63) is 41.3 Å². The molecule has 4 rings (SSSR count). The number of aryl methyl sites for hydroxylation is 1. The number of hydrogen-bond acceptors (Lipinski definition) is 8. The van der Waals surface area contributed by atoms with Crippen molar-refractivity contribution < 1.29 is 22.5 Å². The van der Waals surface area contributed by atoms with E-state index in [2.05, 4.69) is 10.1 Å². The van der Waals surface area contributed by atoms with Gasteiger partial charge in [0.15, 0.2) is 0 Å². The molecular weight excluding hydrogens is 438 g/mol. The van der Waals surface area contributed by atoms with E-state index in [0.29, 0.717) is 28.4 Å². The number of nitrogens with zero attached hydrogens (tertiary/aromatic N) is 3. The molecule has 0 N–H and O–H groups in total. The molecule has 1 aromatic carbocycles. The zero-order valence-electron chi connectivity index (χ0n) is 17.3. The monoisotopic (exact) mass is 461 g/mol. The minimum atomic E-state index is -3.88. The first-order valence-corrected chi connectivity index (χ1v) is 12.4. The highest BCUT2D eigenvalue weighted by Gasteiger charge is 2.39. The topological polar surface area (TPSA) is 103 Å². The Kier molecular flexibility index (Phi) is 6.22. The lowest BCUT2D eigenvalue weighted by molar-refractivity contribution is -0.148. The van der Waals surface area contributed by atoms with Crippen LogP contribution in [-0.2, 0) is 19.6 Å². The molecule has 1 aliphatic rings. The summed E-state index contributed by atoms with van der Waals surface area (Å²) in [7, 11) is -3.88. The van der Waals surface area contributed by atoms with Crippen molar-refractivity contribution in [2.24, 2.45) is 0 Å². The summed E-state index contributed by atoms with van der Waals surface area (Å²) in [5.41, 5.74) is 0.809. The van der Waals surface area contributed by atoms with Crippen LogP contribution in [0.3, 0.4) is 0 Å². The molecule has 3 aromatic rings. The third-order valence-corrected chi connectivity index (χ3v) is 8.34. The van der Waals surface area contributed by atoms with E-state index in [1.807, 2.05) is 30.3 Å². The Morgan fingerprint density at radius 1 is 1.29 bits per heavy atom. The van der Waals surface area contributed by atoms with E-state index >= 15 is 0 Å². The Labute approximate surface area is 184 Å². The maximum Gasteiger partial charge on any atom is 0.324 e. The number of piperidine rings is 1. The lowest BCUT2D eigenvalue weighted by Crippen LogP contribution is -2.48. The van der Waals surface area contributed by atoms with Gasteiger partial charge in [0.05, 0.1) is 16.4 Å². The number of thiophene rings is 1. The van der Waals surface area contributed by atoms with E-state index in [1.54, 1.807) is 19.9 Å². The van der Waals surface area contributed by atoms with Gasteiger partial charge in [-0.15, -0.1) is 11.3 Å². The van der Waals surface area contributed by atoms with Crippen LogP contribution in [0.25, 0.3) is 22.2 Å². The van der Waals surface area contributed by atoms with Gasteiger partial charge in [-0.05, 0) is 39.2 Å². The molecule has 10 heteroatoms. The number of carbonyl (C=O) groups excluding carboxylic acids is 1. The molecule has 0 unspecified atom stereocenters. The Morgan fingerprint density at radius 2 is 2.06 bits per heavy atom. The number of aromatic nitrogens is 2. The van der Waals surface area contributed by atoms with Gasteiger partial charge in [0.2, 0.25) is 15.8 Å². The van der Waals surface area contributed by atoms with E-state index < -0.39 is 22.0 Å². The second-order valence-corrected chi connectivity index (χ2v) is 10.3. The molecule has 0 aliphatic carbocycles. The van der Waals surface area contributed by atoms with Crippen LogP contribution in [0.5, 0.6) is 0 Å². The molecule has 31 heavy (non-hydrogen) atoms. The average Bonchev–Trinajstić information content (AvgIpc) is 3.42. The number of hydrogen-bond donors (Lipinski definition) is 0. The second kappa shape index (κ2) is 8.89. The molecule has 8 nitrogen and oxygen atoms in total. The van der Waals surface area contributed by atoms with Gasteiger partial charge in [-0.25, -0.2) is 8.42 Å². The normalized spacial score (nSPS) is 17.5. The number of carbonyl (C=O) groups is 1. The Bertz CT molecular complexity index is 1170. The van der Waals surface area contributed by atoms with E-state index in [1.165, 1.54) is 15.6 Å². The van der Waals surface area contributed by atoms with Crippen molar-refractivity contribution in [3.63, 3.8) is 0 Å².